The first-order chi connectivity index (χ1) is 4.00. The predicted molar refractivity (Wildman–Crippen MR) is 55.2 cm³/mol. The molecule has 8 heteroatoms. The topological polar surface area (TPSA) is 0 Å². The molecule has 0 nitrogen and oxygen atoms in total. The first-order valence-corrected chi connectivity index (χ1v) is 20.2. The Balaban J connectivity index is 2.00. The molecule has 1 saturated heterocycles. The zero-order chi connectivity index (χ0) is 5.66. The minimum atomic E-state index is 0.943. The molecule has 1 aliphatic heterocycles. The van der Waals surface area contributed by atoms with Gasteiger partial charge in [-0.25, -0.2) is 0 Å². The quantitative estimate of drug-likeness (QED) is 0.452. The Bertz CT molecular complexity index is 31.6. The normalized spacial score (nSPS) is 24.0. The second-order valence-electron chi connectivity index (χ2n) is 0.544. The molecule has 0 saturated carbocycles. The molecule has 0 radical (unpaired) electrons. The van der Waals surface area contributed by atoms with Crippen LogP contribution in [0, 0.1) is 0 Å². The minimum absolute atomic E-state index is 0.943. The molecule has 0 unspecified atom stereocenters. The average molecular weight is 397 g/mol. The fraction of sp³-hybridized carbons (Fsp3) is 0. The summed E-state index contributed by atoms with van der Waals surface area (Å²) in [5.41, 5.74) is 0. The molecular formula is S5Se3. The first kappa shape index (κ1) is 9.40. The van der Waals surface area contributed by atoms with Crippen LogP contribution in [0.5, 0.6) is 0 Å². The average Bonchev–Trinajstić information content (AvgIpc) is 1.62. The molecule has 1 fully saturated rings. The molecule has 0 bridgehead atoms. The van der Waals surface area contributed by atoms with Crippen molar-refractivity contribution >= 4 is 83.2 Å². The molecule has 1 rings (SSSR count). The monoisotopic (exact) mass is 400 g/mol. The third-order valence-corrected chi connectivity index (χ3v) is 49.2. The first-order valence-electron chi connectivity index (χ1n) is 1.33. The van der Waals surface area contributed by atoms with Crippen LogP contribution in [0.3, 0.4) is 0 Å². The van der Waals surface area contributed by atoms with Crippen LogP contribution in [-0.4, -0.2) is 35.3 Å². The SMILES string of the molecule is S1SS[Se][Se][Se]SS1. The van der Waals surface area contributed by atoms with Crippen molar-refractivity contribution in [3.63, 3.8) is 0 Å². The van der Waals surface area contributed by atoms with Crippen molar-refractivity contribution < 1.29 is 0 Å². The zero-order valence-electron chi connectivity index (χ0n) is 3.27. The van der Waals surface area contributed by atoms with E-state index in [0.717, 1.165) is 35.3 Å². The summed E-state index contributed by atoms with van der Waals surface area (Å²) in [5.74, 6) is 0. The van der Waals surface area contributed by atoms with E-state index in [9.17, 15) is 0 Å². The summed E-state index contributed by atoms with van der Waals surface area (Å²) in [6.45, 7) is 0. The van der Waals surface area contributed by atoms with E-state index in [-0.39, 0.29) is 0 Å². The van der Waals surface area contributed by atoms with E-state index in [1.165, 1.54) is 0 Å². The maximum absolute atomic E-state index is 2.08. The third kappa shape index (κ3) is 5.02. The summed E-state index contributed by atoms with van der Waals surface area (Å²) in [6.07, 6.45) is 0. The van der Waals surface area contributed by atoms with E-state index < -0.39 is 0 Å². The molecule has 0 aliphatic carbocycles. The summed E-state index contributed by atoms with van der Waals surface area (Å²) in [5, 5.41) is 0. The fourth-order valence-corrected chi connectivity index (χ4v) is 71.8. The van der Waals surface area contributed by atoms with Gasteiger partial charge in [-0.05, 0) is 0 Å². The Morgan fingerprint density at radius 3 is 2.00 bits per heavy atom. The maximum atomic E-state index is 2.08. The van der Waals surface area contributed by atoms with Gasteiger partial charge >= 0.3 is 83.2 Å². The van der Waals surface area contributed by atoms with Crippen LogP contribution < -0.4 is 0 Å². The Morgan fingerprint density at radius 1 is 0.750 bits per heavy atom. The van der Waals surface area contributed by atoms with Crippen LogP contribution in [0.15, 0.2) is 0 Å². The van der Waals surface area contributed by atoms with Crippen LogP contribution in [0.2, 0.25) is 0 Å². The fourth-order valence-electron chi connectivity index (χ4n) is 0.0907. The van der Waals surface area contributed by atoms with Gasteiger partial charge in [0.25, 0.3) is 0 Å². The molecule has 1 aliphatic rings. The van der Waals surface area contributed by atoms with Gasteiger partial charge in [-0.2, -0.15) is 0 Å². The summed E-state index contributed by atoms with van der Waals surface area (Å²) in [7, 11) is 10.0. The molecule has 48 valence electrons. The second-order valence-corrected chi connectivity index (χ2v) is 32.4. The summed E-state index contributed by atoms with van der Waals surface area (Å²) >= 11 is 2.91. The van der Waals surface area contributed by atoms with Crippen LogP contribution in [0.4, 0.5) is 0 Å². The van der Waals surface area contributed by atoms with Crippen LogP contribution >= 0.6 is 47.9 Å². The van der Waals surface area contributed by atoms with E-state index in [0.29, 0.717) is 0 Å². The van der Waals surface area contributed by atoms with Crippen molar-refractivity contribution in [1.82, 2.24) is 0 Å². The molecule has 0 N–H and O–H groups in total. The summed E-state index contributed by atoms with van der Waals surface area (Å²) in [6, 6.07) is 0. The molecule has 8 heavy (non-hydrogen) atoms. The Labute approximate surface area is 81.7 Å². The van der Waals surface area contributed by atoms with Gasteiger partial charge in [0.05, 0.1) is 0 Å². The van der Waals surface area contributed by atoms with Crippen molar-refractivity contribution in [3.8, 4) is 0 Å². The van der Waals surface area contributed by atoms with E-state index >= 15 is 0 Å². The van der Waals surface area contributed by atoms with Crippen molar-refractivity contribution in [1.29, 1.82) is 0 Å². The van der Waals surface area contributed by atoms with Gasteiger partial charge in [-0.15, -0.1) is 0 Å². The molecule has 1 heterocycles. The van der Waals surface area contributed by atoms with Crippen LogP contribution in [0.1, 0.15) is 0 Å². The van der Waals surface area contributed by atoms with Gasteiger partial charge in [-0.3, -0.25) is 0 Å². The molecular weight excluding hydrogens is 397 g/mol. The van der Waals surface area contributed by atoms with E-state index in [4.69, 9.17) is 0 Å². The van der Waals surface area contributed by atoms with Crippen LogP contribution in [-0.2, 0) is 0 Å². The Kier molecular flexibility index (Phi) is 8.20. The van der Waals surface area contributed by atoms with Gasteiger partial charge < -0.3 is 0 Å². The van der Waals surface area contributed by atoms with E-state index in [1.807, 2.05) is 29.5 Å². The molecule has 0 amide bonds. The Hall–Kier alpha value is 3.31. The molecule has 0 spiro atoms. The molecule has 0 aromatic rings. The molecule has 0 aromatic heterocycles. The number of hydrogen-bond acceptors (Lipinski definition) is 5. The summed E-state index contributed by atoms with van der Waals surface area (Å²) in [4.78, 5) is 0. The Morgan fingerprint density at radius 2 is 1.38 bits per heavy atom. The predicted octanol–water partition coefficient (Wildman–Crippen LogP) is 2.10. The third-order valence-electron chi connectivity index (χ3n) is 0.222. The van der Waals surface area contributed by atoms with E-state index in [1.54, 1.807) is 0 Å². The number of hydrogen-bond donors (Lipinski definition) is 0. The number of rotatable bonds is 0. The van der Waals surface area contributed by atoms with Gasteiger partial charge in [0.1, 0.15) is 0 Å². The van der Waals surface area contributed by atoms with E-state index in [2.05, 4.69) is 18.4 Å². The van der Waals surface area contributed by atoms with Crippen molar-refractivity contribution in [2.45, 2.75) is 0 Å². The van der Waals surface area contributed by atoms with Crippen molar-refractivity contribution in [2.24, 2.45) is 0 Å². The standard InChI is InChI=1S/S5Se3/c1-2-4-6-8-7-5-3-1. The van der Waals surface area contributed by atoms with Gasteiger partial charge in [0.2, 0.25) is 0 Å². The van der Waals surface area contributed by atoms with Crippen molar-refractivity contribution in [2.75, 3.05) is 0 Å². The summed E-state index contributed by atoms with van der Waals surface area (Å²) < 4.78 is 0. The molecule has 0 atom stereocenters. The van der Waals surface area contributed by atoms with Crippen LogP contribution in [0.25, 0.3) is 0 Å². The van der Waals surface area contributed by atoms with Gasteiger partial charge in [-0.1, -0.05) is 0 Å². The second kappa shape index (κ2) is 6.98. The van der Waals surface area contributed by atoms with Crippen molar-refractivity contribution in [3.05, 3.63) is 0 Å². The van der Waals surface area contributed by atoms with Gasteiger partial charge in [0.15, 0.2) is 0 Å². The van der Waals surface area contributed by atoms with Gasteiger partial charge in [0, 0.05) is 0 Å². The zero-order valence-corrected chi connectivity index (χ0v) is 12.5. The molecule has 0 aromatic carbocycles.